The van der Waals surface area contributed by atoms with Crippen molar-refractivity contribution in [3.05, 3.63) is 114 Å². The summed E-state index contributed by atoms with van der Waals surface area (Å²) >= 11 is 0. The van der Waals surface area contributed by atoms with Crippen molar-refractivity contribution in [1.82, 2.24) is 19.6 Å². The molecule has 0 bridgehead atoms. The van der Waals surface area contributed by atoms with E-state index in [4.69, 9.17) is 53.3 Å². The molecule has 0 N–H and O–H groups in total. The molecule has 13 nitrogen and oxygen atoms in total. The van der Waals surface area contributed by atoms with E-state index in [1.165, 1.54) is 0 Å². The van der Waals surface area contributed by atoms with E-state index in [2.05, 4.69) is 0 Å². The number of hydrogen-bond acceptors (Lipinski definition) is 11. The molecule has 280 valence electrons. The summed E-state index contributed by atoms with van der Waals surface area (Å²) in [6.07, 6.45) is 2.79. The van der Waals surface area contributed by atoms with E-state index in [9.17, 15) is 0 Å². The lowest BCUT2D eigenvalue weighted by molar-refractivity contribution is 0.355. The number of nitrogens with zero attached hydrogens (tertiary/aromatic N) is 6. The lowest BCUT2D eigenvalue weighted by atomic mass is 10.1. The Morgan fingerprint density at radius 2 is 0.873 bits per heavy atom. The Kier molecular flexibility index (Phi) is 10.5. The molecule has 0 atom stereocenters. The minimum Gasteiger partial charge on any atom is -0.497 e. The minimum atomic E-state index is -0.710. The van der Waals surface area contributed by atoms with Crippen molar-refractivity contribution in [3.8, 4) is 40.2 Å². The highest BCUT2D eigenvalue weighted by molar-refractivity contribution is 5.96. The summed E-state index contributed by atoms with van der Waals surface area (Å²) in [7, 11) is 11.3. The van der Waals surface area contributed by atoms with E-state index in [-0.39, 0.29) is 0 Å². The fraction of sp³-hybridized carbons (Fsp3) is 0.190. The SMILES string of the molecule is COc1cccc(C=Nc2nn(C(c3cccc(OC)c3)n3nc(N=Cc4cccc(OC)c4)c4cc(OC)c(OC)cc43)c3cc(OC)c(OC)cc23)c1. The molecule has 0 saturated carbocycles. The van der Waals surface area contributed by atoms with Crippen LogP contribution in [-0.4, -0.2) is 81.8 Å². The van der Waals surface area contributed by atoms with Crippen molar-refractivity contribution in [1.29, 1.82) is 0 Å². The Labute approximate surface area is 317 Å². The Balaban J connectivity index is 1.51. The van der Waals surface area contributed by atoms with Crippen LogP contribution in [0.25, 0.3) is 21.8 Å². The molecule has 2 aromatic heterocycles. The van der Waals surface area contributed by atoms with Crippen molar-refractivity contribution in [2.75, 3.05) is 49.8 Å². The van der Waals surface area contributed by atoms with E-state index < -0.39 is 6.17 Å². The van der Waals surface area contributed by atoms with Crippen molar-refractivity contribution >= 4 is 45.9 Å². The molecule has 0 aliphatic heterocycles. The Hall–Kier alpha value is -7.02. The second-order valence-corrected chi connectivity index (χ2v) is 12.2. The van der Waals surface area contributed by atoms with Crippen LogP contribution < -0.4 is 33.2 Å². The topological polar surface area (TPSA) is 125 Å². The van der Waals surface area contributed by atoms with Crippen LogP contribution in [-0.2, 0) is 0 Å². The van der Waals surface area contributed by atoms with Crippen molar-refractivity contribution in [2.45, 2.75) is 6.17 Å². The van der Waals surface area contributed by atoms with Gasteiger partial charge in [0.15, 0.2) is 40.8 Å². The smallest absolute Gasteiger partial charge is 0.182 e. The van der Waals surface area contributed by atoms with Gasteiger partial charge in [-0.25, -0.2) is 19.3 Å². The molecule has 13 heteroatoms. The molecule has 55 heavy (non-hydrogen) atoms. The first-order valence-corrected chi connectivity index (χ1v) is 17.2. The summed E-state index contributed by atoms with van der Waals surface area (Å²) in [5.74, 6) is 5.06. The zero-order chi connectivity index (χ0) is 38.5. The van der Waals surface area contributed by atoms with Crippen molar-refractivity contribution in [2.24, 2.45) is 9.98 Å². The molecule has 7 rings (SSSR count). The lowest BCUT2D eigenvalue weighted by Crippen LogP contribution is -2.22. The van der Waals surface area contributed by atoms with Gasteiger partial charge in [-0.1, -0.05) is 36.4 Å². The molecule has 0 amide bonds. The number of methoxy groups -OCH3 is 7. The summed E-state index contributed by atoms with van der Waals surface area (Å²) in [4.78, 5) is 9.79. The van der Waals surface area contributed by atoms with Crippen LogP contribution in [0.15, 0.2) is 107 Å². The molecular formula is C42H40N6O7. The molecule has 0 unspecified atom stereocenters. The van der Waals surface area contributed by atoms with Gasteiger partial charge >= 0.3 is 0 Å². The third-order valence-corrected chi connectivity index (χ3v) is 9.10. The van der Waals surface area contributed by atoms with E-state index in [1.54, 1.807) is 62.2 Å². The Morgan fingerprint density at radius 3 is 1.29 bits per heavy atom. The number of aromatic nitrogens is 4. The molecule has 2 heterocycles. The Morgan fingerprint density at radius 1 is 0.473 bits per heavy atom. The van der Waals surface area contributed by atoms with E-state index >= 15 is 0 Å². The van der Waals surface area contributed by atoms with Gasteiger partial charge < -0.3 is 33.2 Å². The van der Waals surface area contributed by atoms with E-state index in [1.807, 2.05) is 106 Å². The van der Waals surface area contributed by atoms with Gasteiger partial charge in [-0.15, -0.1) is 10.2 Å². The molecule has 0 saturated heterocycles. The number of benzene rings is 5. The molecule has 0 spiro atoms. The number of rotatable bonds is 14. The standard InChI is InChI=1S/C42H40N6O7/c1-49-29-14-8-11-26(17-29)24-43-40-32-20-36(52-4)38(54-6)22-34(32)47(45-40)42(28-13-10-16-31(19-28)51-3)48-35-23-39(55-7)37(53-5)21-33(35)41(46-48)44-25-27-12-9-15-30(18-27)50-2/h8-25,42H,1-7H3. The highest BCUT2D eigenvalue weighted by Gasteiger charge is 2.28. The lowest BCUT2D eigenvalue weighted by Gasteiger charge is -2.22. The van der Waals surface area contributed by atoms with Crippen molar-refractivity contribution < 1.29 is 33.2 Å². The fourth-order valence-electron chi connectivity index (χ4n) is 6.36. The third-order valence-electron chi connectivity index (χ3n) is 9.10. The maximum Gasteiger partial charge on any atom is 0.182 e. The quantitative estimate of drug-likeness (QED) is 0.102. The predicted octanol–water partition coefficient (Wildman–Crippen LogP) is 8.04. The molecule has 0 aliphatic rings. The van der Waals surface area contributed by atoms with Crippen LogP contribution in [0.5, 0.6) is 40.2 Å². The van der Waals surface area contributed by atoms with E-state index in [0.717, 1.165) is 27.5 Å². The van der Waals surface area contributed by atoms with Crippen LogP contribution >= 0.6 is 0 Å². The van der Waals surface area contributed by atoms with Gasteiger partial charge in [-0.05, 0) is 59.7 Å². The highest BCUT2D eigenvalue weighted by Crippen LogP contribution is 2.42. The molecule has 0 fully saturated rings. The van der Waals surface area contributed by atoms with Crippen LogP contribution in [0.3, 0.4) is 0 Å². The first kappa shape index (κ1) is 36.3. The average molecular weight is 741 g/mol. The zero-order valence-electron chi connectivity index (χ0n) is 31.5. The van der Waals surface area contributed by atoms with Gasteiger partial charge in [0, 0.05) is 30.1 Å². The summed E-state index contributed by atoms with van der Waals surface area (Å²) in [6.45, 7) is 0. The van der Waals surface area contributed by atoms with E-state index in [0.29, 0.717) is 62.9 Å². The molecule has 0 aliphatic carbocycles. The molecular weight excluding hydrogens is 700 g/mol. The van der Waals surface area contributed by atoms with Gasteiger partial charge in [0.25, 0.3) is 0 Å². The Bertz CT molecular complexity index is 2390. The third kappa shape index (κ3) is 7.19. The summed E-state index contributed by atoms with van der Waals surface area (Å²) in [5, 5.41) is 11.8. The maximum absolute atomic E-state index is 5.79. The molecule has 0 radical (unpaired) electrons. The van der Waals surface area contributed by atoms with Crippen LogP contribution in [0.2, 0.25) is 0 Å². The summed E-state index contributed by atoms with van der Waals surface area (Å²) < 4.78 is 43.4. The largest absolute Gasteiger partial charge is 0.497 e. The number of aliphatic imine (C=N–C) groups is 2. The number of ether oxygens (including phenoxy) is 7. The summed E-state index contributed by atoms with van der Waals surface area (Å²) in [5.41, 5.74) is 3.89. The highest BCUT2D eigenvalue weighted by atomic mass is 16.5. The fourth-order valence-corrected chi connectivity index (χ4v) is 6.36. The van der Waals surface area contributed by atoms with Gasteiger partial charge in [0.05, 0.1) is 71.6 Å². The van der Waals surface area contributed by atoms with Crippen LogP contribution in [0.4, 0.5) is 11.6 Å². The molecule has 5 aromatic carbocycles. The van der Waals surface area contributed by atoms with Gasteiger partial charge in [-0.2, -0.15) is 0 Å². The second-order valence-electron chi connectivity index (χ2n) is 12.2. The number of fused-ring (bicyclic) bond motifs is 2. The molecule has 7 aromatic rings. The first-order chi connectivity index (χ1) is 26.9. The normalized spacial score (nSPS) is 12.1. The van der Waals surface area contributed by atoms with Crippen molar-refractivity contribution in [3.63, 3.8) is 0 Å². The van der Waals surface area contributed by atoms with Gasteiger partial charge in [0.2, 0.25) is 0 Å². The monoisotopic (exact) mass is 740 g/mol. The maximum atomic E-state index is 5.79. The average Bonchev–Trinajstić information content (AvgIpc) is 3.77. The van der Waals surface area contributed by atoms with Gasteiger partial charge in [-0.3, -0.25) is 0 Å². The first-order valence-electron chi connectivity index (χ1n) is 17.2. The summed E-state index contributed by atoms with van der Waals surface area (Å²) in [6, 6.07) is 30.5. The second kappa shape index (κ2) is 15.9. The predicted molar refractivity (Wildman–Crippen MR) is 213 cm³/mol. The minimum absolute atomic E-state index is 0.443. The van der Waals surface area contributed by atoms with Crippen LogP contribution in [0.1, 0.15) is 22.9 Å². The zero-order valence-corrected chi connectivity index (χ0v) is 31.5. The number of hydrogen-bond donors (Lipinski definition) is 0. The van der Waals surface area contributed by atoms with Crippen LogP contribution in [0, 0.1) is 0 Å². The van der Waals surface area contributed by atoms with Gasteiger partial charge in [0.1, 0.15) is 17.2 Å².